The van der Waals surface area contributed by atoms with Gasteiger partial charge < -0.3 is 0 Å². The monoisotopic (exact) mass is 108 g/mol. The molecule has 0 saturated heterocycles. The number of rotatable bonds is 0. The van der Waals surface area contributed by atoms with Crippen LogP contribution in [0.1, 0.15) is 25.7 Å². The SMILES string of the molecule is [CH]C1CC=CCCC1. The lowest BCUT2D eigenvalue weighted by Gasteiger charge is -2.01. The molecule has 44 valence electrons. The topological polar surface area (TPSA) is 0 Å². The summed E-state index contributed by atoms with van der Waals surface area (Å²) in [7, 11) is 0. The van der Waals surface area contributed by atoms with E-state index < -0.39 is 0 Å². The predicted octanol–water partition coefficient (Wildman–Crippen LogP) is 2.44. The smallest absolute Gasteiger partial charge is 0.0315 e. The van der Waals surface area contributed by atoms with E-state index in [4.69, 9.17) is 6.92 Å². The predicted molar refractivity (Wildman–Crippen MR) is 35.4 cm³/mol. The lowest BCUT2D eigenvalue weighted by Crippen LogP contribution is -1.88. The van der Waals surface area contributed by atoms with Gasteiger partial charge in [-0.1, -0.05) is 12.2 Å². The third-order valence-electron chi connectivity index (χ3n) is 1.55. The lowest BCUT2D eigenvalue weighted by molar-refractivity contribution is 0.583. The van der Waals surface area contributed by atoms with E-state index in [-0.39, 0.29) is 0 Å². The molecule has 0 nitrogen and oxygen atoms in total. The van der Waals surface area contributed by atoms with E-state index in [9.17, 15) is 0 Å². The molecule has 0 N–H and O–H groups in total. The van der Waals surface area contributed by atoms with Crippen molar-refractivity contribution in [2.75, 3.05) is 0 Å². The third kappa shape index (κ3) is 1.69. The summed E-state index contributed by atoms with van der Waals surface area (Å²) < 4.78 is 0. The molecule has 1 aliphatic rings. The summed E-state index contributed by atoms with van der Waals surface area (Å²) in [6, 6.07) is 0. The molecule has 1 unspecified atom stereocenters. The van der Waals surface area contributed by atoms with Gasteiger partial charge in [0.25, 0.3) is 0 Å². The molecule has 0 aliphatic heterocycles. The first-order valence-corrected chi connectivity index (χ1v) is 3.30. The van der Waals surface area contributed by atoms with Crippen LogP contribution in [0.3, 0.4) is 0 Å². The first-order valence-electron chi connectivity index (χ1n) is 3.30. The molecule has 2 radical (unpaired) electrons. The van der Waals surface area contributed by atoms with E-state index in [1.165, 1.54) is 19.3 Å². The second kappa shape index (κ2) is 2.91. The maximum atomic E-state index is 5.68. The molecule has 0 bridgehead atoms. The summed E-state index contributed by atoms with van der Waals surface area (Å²) >= 11 is 0. The van der Waals surface area contributed by atoms with Crippen LogP contribution in [0.25, 0.3) is 0 Å². The van der Waals surface area contributed by atoms with E-state index in [0.29, 0.717) is 5.92 Å². The fourth-order valence-corrected chi connectivity index (χ4v) is 1.00. The molecule has 1 rings (SSSR count). The van der Waals surface area contributed by atoms with E-state index in [0.717, 1.165) is 6.42 Å². The van der Waals surface area contributed by atoms with E-state index in [1.54, 1.807) is 0 Å². The molecular formula is C8H12. The van der Waals surface area contributed by atoms with Crippen LogP contribution in [-0.4, -0.2) is 0 Å². The van der Waals surface area contributed by atoms with Gasteiger partial charge in [-0.3, -0.25) is 0 Å². The molecule has 0 heteroatoms. The van der Waals surface area contributed by atoms with Crippen molar-refractivity contribution in [1.29, 1.82) is 0 Å². The average molecular weight is 108 g/mol. The Labute approximate surface area is 51.6 Å². The molecule has 0 aromatic rings. The Balaban J connectivity index is 2.30. The van der Waals surface area contributed by atoms with Gasteiger partial charge in [0, 0.05) is 0 Å². The third-order valence-corrected chi connectivity index (χ3v) is 1.55. The van der Waals surface area contributed by atoms with Gasteiger partial charge in [0.2, 0.25) is 0 Å². The largest absolute Gasteiger partial charge is 0.0885 e. The normalized spacial score (nSPS) is 29.9. The van der Waals surface area contributed by atoms with Gasteiger partial charge in [-0.25, -0.2) is 0 Å². The number of hydrogen-bond acceptors (Lipinski definition) is 0. The zero-order valence-corrected chi connectivity index (χ0v) is 5.14. The fraction of sp³-hybridized carbons (Fsp3) is 0.625. The Kier molecular flexibility index (Phi) is 2.13. The lowest BCUT2D eigenvalue weighted by atomic mass is 10.0. The van der Waals surface area contributed by atoms with Crippen molar-refractivity contribution in [3.05, 3.63) is 19.1 Å². The number of hydrogen-bond donors (Lipinski definition) is 0. The Morgan fingerprint density at radius 3 is 3.12 bits per heavy atom. The van der Waals surface area contributed by atoms with Gasteiger partial charge >= 0.3 is 0 Å². The first-order chi connectivity index (χ1) is 3.89. The fourth-order valence-electron chi connectivity index (χ4n) is 1.00. The molecule has 0 spiro atoms. The summed E-state index contributed by atoms with van der Waals surface area (Å²) in [5, 5.41) is 0. The molecule has 1 aliphatic carbocycles. The number of allylic oxidation sites excluding steroid dienone is 2. The first kappa shape index (κ1) is 5.87. The van der Waals surface area contributed by atoms with Gasteiger partial charge in [0.1, 0.15) is 0 Å². The summed E-state index contributed by atoms with van der Waals surface area (Å²) in [6.07, 6.45) is 9.21. The Bertz CT molecular complexity index is 82.0. The highest BCUT2D eigenvalue weighted by molar-refractivity contribution is 4.87. The standard InChI is InChI=1S/C8H12/c1-8-6-4-2-3-5-7-8/h1-2,4,8H,3,5-7H2. The molecule has 0 aromatic heterocycles. The quantitative estimate of drug-likeness (QED) is 0.418. The van der Waals surface area contributed by atoms with Crippen molar-refractivity contribution in [2.45, 2.75) is 25.7 Å². The highest BCUT2D eigenvalue weighted by Crippen LogP contribution is 2.15. The van der Waals surface area contributed by atoms with Crippen LogP contribution < -0.4 is 0 Å². The van der Waals surface area contributed by atoms with Crippen LogP contribution >= 0.6 is 0 Å². The molecule has 0 fully saturated rings. The molecule has 0 aromatic carbocycles. The highest BCUT2D eigenvalue weighted by Gasteiger charge is 2.00. The zero-order valence-electron chi connectivity index (χ0n) is 5.14. The summed E-state index contributed by atoms with van der Waals surface area (Å²) in [5.41, 5.74) is 0. The second-order valence-corrected chi connectivity index (χ2v) is 2.40. The highest BCUT2D eigenvalue weighted by atomic mass is 14.1. The molecule has 0 heterocycles. The van der Waals surface area contributed by atoms with Crippen molar-refractivity contribution in [2.24, 2.45) is 5.92 Å². The van der Waals surface area contributed by atoms with Gasteiger partial charge in [-0.05, 0) is 38.5 Å². The van der Waals surface area contributed by atoms with Crippen molar-refractivity contribution in [3.63, 3.8) is 0 Å². The van der Waals surface area contributed by atoms with Crippen LogP contribution in [0.5, 0.6) is 0 Å². The molecule has 8 heavy (non-hydrogen) atoms. The minimum atomic E-state index is 0.439. The average Bonchev–Trinajstić information content (AvgIpc) is 1.94. The van der Waals surface area contributed by atoms with Crippen molar-refractivity contribution in [3.8, 4) is 0 Å². The van der Waals surface area contributed by atoms with E-state index >= 15 is 0 Å². The van der Waals surface area contributed by atoms with Crippen molar-refractivity contribution < 1.29 is 0 Å². The second-order valence-electron chi connectivity index (χ2n) is 2.40. The van der Waals surface area contributed by atoms with Crippen molar-refractivity contribution >= 4 is 0 Å². The van der Waals surface area contributed by atoms with E-state index in [1.807, 2.05) is 0 Å². The van der Waals surface area contributed by atoms with Crippen LogP contribution in [0.15, 0.2) is 12.2 Å². The summed E-state index contributed by atoms with van der Waals surface area (Å²) in [4.78, 5) is 0. The molecular weight excluding hydrogens is 96.1 g/mol. The van der Waals surface area contributed by atoms with Gasteiger partial charge in [0.05, 0.1) is 0 Å². The zero-order chi connectivity index (χ0) is 5.82. The van der Waals surface area contributed by atoms with Gasteiger partial charge in [0.15, 0.2) is 0 Å². The molecule has 1 atom stereocenters. The van der Waals surface area contributed by atoms with Gasteiger partial charge in [-0.2, -0.15) is 0 Å². The summed E-state index contributed by atoms with van der Waals surface area (Å²) in [5.74, 6) is 0.439. The van der Waals surface area contributed by atoms with Crippen LogP contribution in [0.2, 0.25) is 0 Å². The maximum absolute atomic E-state index is 5.68. The minimum Gasteiger partial charge on any atom is -0.0885 e. The Hall–Kier alpha value is -0.260. The summed E-state index contributed by atoms with van der Waals surface area (Å²) in [6.45, 7) is 5.68. The van der Waals surface area contributed by atoms with Crippen LogP contribution in [-0.2, 0) is 0 Å². The molecule has 0 saturated carbocycles. The maximum Gasteiger partial charge on any atom is -0.0315 e. The Morgan fingerprint density at radius 2 is 2.25 bits per heavy atom. The van der Waals surface area contributed by atoms with E-state index in [2.05, 4.69) is 12.2 Å². The van der Waals surface area contributed by atoms with Crippen molar-refractivity contribution in [1.82, 2.24) is 0 Å². The van der Waals surface area contributed by atoms with Crippen LogP contribution in [0, 0.1) is 12.8 Å². The molecule has 0 amide bonds. The van der Waals surface area contributed by atoms with Crippen LogP contribution in [0.4, 0.5) is 0 Å². The minimum absolute atomic E-state index is 0.439. The van der Waals surface area contributed by atoms with Gasteiger partial charge in [-0.15, -0.1) is 0 Å². The Morgan fingerprint density at radius 1 is 1.38 bits per heavy atom.